The van der Waals surface area contributed by atoms with Crippen molar-refractivity contribution in [3.8, 4) is 0 Å². The predicted octanol–water partition coefficient (Wildman–Crippen LogP) is 3.52. The van der Waals surface area contributed by atoms with Gasteiger partial charge >= 0.3 is 0 Å². The normalized spacial score (nSPS) is 14.5. The number of likely N-dealkylation sites (N-methyl/N-ethyl adjacent to an activating group) is 1. The molecular formula is C15H29N3S. The minimum absolute atomic E-state index is 0.501. The Morgan fingerprint density at radius 2 is 2.16 bits per heavy atom. The van der Waals surface area contributed by atoms with Crippen LogP contribution in [-0.2, 0) is 6.42 Å². The first-order chi connectivity index (χ1) is 9.21. The smallest absolute Gasteiger partial charge is 0.0640 e. The second-order valence-corrected chi connectivity index (χ2v) is 6.23. The van der Waals surface area contributed by atoms with Gasteiger partial charge in [0.25, 0.3) is 0 Å². The lowest BCUT2D eigenvalue weighted by Crippen LogP contribution is -2.33. The SMILES string of the molecule is CCCSCC(Cc1ccn(C(C)CC)n1)NCC. The van der Waals surface area contributed by atoms with E-state index in [0.29, 0.717) is 12.1 Å². The summed E-state index contributed by atoms with van der Waals surface area (Å²) in [4.78, 5) is 0. The van der Waals surface area contributed by atoms with Crippen LogP contribution in [0.15, 0.2) is 12.3 Å². The summed E-state index contributed by atoms with van der Waals surface area (Å²) in [5, 5.41) is 8.27. The Balaban J connectivity index is 2.50. The minimum atomic E-state index is 0.501. The molecule has 0 saturated carbocycles. The van der Waals surface area contributed by atoms with Crippen molar-refractivity contribution < 1.29 is 0 Å². The zero-order chi connectivity index (χ0) is 14.1. The molecule has 0 spiro atoms. The van der Waals surface area contributed by atoms with E-state index in [2.05, 4.69) is 50.0 Å². The molecule has 0 amide bonds. The standard InChI is InChI=1S/C15H29N3S/c1-5-10-19-12-15(16-7-3)11-14-8-9-18(17-14)13(4)6-2/h8-9,13,15-16H,5-7,10-12H2,1-4H3. The van der Waals surface area contributed by atoms with Crippen LogP contribution in [0.1, 0.15) is 52.3 Å². The molecule has 0 aliphatic rings. The second-order valence-electron chi connectivity index (χ2n) is 5.08. The molecule has 2 atom stereocenters. The molecule has 0 aromatic carbocycles. The first-order valence-electron chi connectivity index (χ1n) is 7.56. The minimum Gasteiger partial charge on any atom is -0.313 e. The third-order valence-electron chi connectivity index (χ3n) is 3.32. The van der Waals surface area contributed by atoms with E-state index in [1.807, 2.05) is 11.8 Å². The van der Waals surface area contributed by atoms with Crippen LogP contribution in [0.5, 0.6) is 0 Å². The van der Waals surface area contributed by atoms with Gasteiger partial charge in [-0.05, 0) is 38.1 Å². The molecule has 1 aromatic rings. The first kappa shape index (κ1) is 16.6. The number of thioether (sulfide) groups is 1. The molecular weight excluding hydrogens is 254 g/mol. The molecule has 0 aliphatic heterocycles. The van der Waals surface area contributed by atoms with Crippen LogP contribution in [0.3, 0.4) is 0 Å². The van der Waals surface area contributed by atoms with Gasteiger partial charge in [0.05, 0.1) is 5.69 Å². The van der Waals surface area contributed by atoms with Gasteiger partial charge in [0, 0.05) is 30.5 Å². The highest BCUT2D eigenvalue weighted by molar-refractivity contribution is 7.99. The maximum Gasteiger partial charge on any atom is 0.0640 e. The molecule has 0 saturated heterocycles. The van der Waals surface area contributed by atoms with E-state index in [9.17, 15) is 0 Å². The highest BCUT2D eigenvalue weighted by Gasteiger charge is 2.11. The Bertz CT molecular complexity index is 338. The van der Waals surface area contributed by atoms with Gasteiger partial charge in [-0.1, -0.05) is 20.8 Å². The lowest BCUT2D eigenvalue weighted by atomic mass is 10.2. The Morgan fingerprint density at radius 1 is 1.37 bits per heavy atom. The highest BCUT2D eigenvalue weighted by atomic mass is 32.2. The number of nitrogens with one attached hydrogen (secondary N) is 1. The highest BCUT2D eigenvalue weighted by Crippen LogP contribution is 2.12. The largest absolute Gasteiger partial charge is 0.313 e. The number of aromatic nitrogens is 2. The van der Waals surface area contributed by atoms with Gasteiger partial charge in [-0.3, -0.25) is 4.68 Å². The molecule has 0 radical (unpaired) electrons. The van der Waals surface area contributed by atoms with Crippen LogP contribution in [0.2, 0.25) is 0 Å². The van der Waals surface area contributed by atoms with Crippen LogP contribution >= 0.6 is 11.8 Å². The summed E-state index contributed by atoms with van der Waals surface area (Å²) in [6, 6.07) is 3.21. The first-order valence-corrected chi connectivity index (χ1v) is 8.71. The number of rotatable bonds is 10. The summed E-state index contributed by atoms with van der Waals surface area (Å²) in [5.74, 6) is 2.43. The number of hydrogen-bond donors (Lipinski definition) is 1. The zero-order valence-electron chi connectivity index (χ0n) is 12.9. The molecule has 0 aliphatic carbocycles. The number of nitrogens with zero attached hydrogens (tertiary/aromatic N) is 2. The average Bonchev–Trinajstić information content (AvgIpc) is 2.87. The molecule has 2 unspecified atom stereocenters. The quantitative estimate of drug-likeness (QED) is 0.666. The van der Waals surface area contributed by atoms with Crippen LogP contribution in [0.25, 0.3) is 0 Å². The fourth-order valence-electron chi connectivity index (χ4n) is 2.02. The summed E-state index contributed by atoms with van der Waals surface area (Å²) in [6.07, 6.45) is 5.54. The lowest BCUT2D eigenvalue weighted by molar-refractivity contribution is 0.469. The lowest BCUT2D eigenvalue weighted by Gasteiger charge is -2.16. The predicted molar refractivity (Wildman–Crippen MR) is 86.0 cm³/mol. The van der Waals surface area contributed by atoms with E-state index < -0.39 is 0 Å². The van der Waals surface area contributed by atoms with Gasteiger partial charge in [-0.25, -0.2) is 0 Å². The van der Waals surface area contributed by atoms with E-state index in [4.69, 9.17) is 5.10 Å². The number of hydrogen-bond acceptors (Lipinski definition) is 3. The molecule has 110 valence electrons. The molecule has 0 bridgehead atoms. The molecule has 1 rings (SSSR count). The van der Waals surface area contributed by atoms with Crippen molar-refractivity contribution in [2.75, 3.05) is 18.1 Å². The van der Waals surface area contributed by atoms with Crippen molar-refractivity contribution in [3.63, 3.8) is 0 Å². The van der Waals surface area contributed by atoms with Crippen molar-refractivity contribution in [1.29, 1.82) is 0 Å². The summed E-state index contributed by atoms with van der Waals surface area (Å²) in [5.41, 5.74) is 1.21. The maximum atomic E-state index is 4.70. The molecule has 1 N–H and O–H groups in total. The van der Waals surface area contributed by atoms with Gasteiger partial charge in [-0.2, -0.15) is 16.9 Å². The Kier molecular flexibility index (Phi) is 8.22. The summed E-state index contributed by atoms with van der Waals surface area (Å²) < 4.78 is 2.09. The van der Waals surface area contributed by atoms with Gasteiger partial charge in [0.2, 0.25) is 0 Å². The monoisotopic (exact) mass is 283 g/mol. The van der Waals surface area contributed by atoms with Crippen molar-refractivity contribution in [2.24, 2.45) is 0 Å². The van der Waals surface area contributed by atoms with Crippen LogP contribution in [0, 0.1) is 0 Å². The maximum absolute atomic E-state index is 4.70. The van der Waals surface area contributed by atoms with E-state index in [-0.39, 0.29) is 0 Å². The topological polar surface area (TPSA) is 29.9 Å². The molecule has 1 heterocycles. The molecule has 0 fully saturated rings. The molecule has 4 heteroatoms. The average molecular weight is 283 g/mol. The summed E-state index contributed by atoms with van der Waals surface area (Å²) >= 11 is 2.04. The van der Waals surface area contributed by atoms with Crippen molar-refractivity contribution in [3.05, 3.63) is 18.0 Å². The van der Waals surface area contributed by atoms with Gasteiger partial charge < -0.3 is 5.32 Å². The zero-order valence-corrected chi connectivity index (χ0v) is 13.7. The van der Waals surface area contributed by atoms with Gasteiger partial charge in [0.15, 0.2) is 0 Å². The van der Waals surface area contributed by atoms with Crippen molar-refractivity contribution in [2.45, 2.75) is 59.0 Å². The Morgan fingerprint density at radius 3 is 2.79 bits per heavy atom. The summed E-state index contributed by atoms with van der Waals surface area (Å²) in [6.45, 7) is 9.87. The molecule has 3 nitrogen and oxygen atoms in total. The van der Waals surface area contributed by atoms with Gasteiger partial charge in [-0.15, -0.1) is 0 Å². The summed E-state index contributed by atoms with van der Waals surface area (Å²) in [7, 11) is 0. The van der Waals surface area contributed by atoms with Crippen LogP contribution in [0.4, 0.5) is 0 Å². The van der Waals surface area contributed by atoms with E-state index >= 15 is 0 Å². The Hall–Kier alpha value is -0.480. The van der Waals surface area contributed by atoms with Gasteiger partial charge in [0.1, 0.15) is 0 Å². The van der Waals surface area contributed by atoms with E-state index in [1.165, 1.54) is 23.6 Å². The van der Waals surface area contributed by atoms with E-state index in [1.54, 1.807) is 0 Å². The van der Waals surface area contributed by atoms with Crippen LogP contribution in [-0.4, -0.2) is 33.9 Å². The third kappa shape index (κ3) is 6.00. The van der Waals surface area contributed by atoms with Crippen molar-refractivity contribution >= 4 is 11.8 Å². The fraction of sp³-hybridized carbons (Fsp3) is 0.800. The van der Waals surface area contributed by atoms with Crippen LogP contribution < -0.4 is 5.32 Å². The van der Waals surface area contributed by atoms with Crippen molar-refractivity contribution in [1.82, 2.24) is 15.1 Å². The Labute approximate surface area is 122 Å². The fourth-order valence-corrected chi connectivity index (χ4v) is 3.00. The molecule has 19 heavy (non-hydrogen) atoms. The third-order valence-corrected chi connectivity index (χ3v) is 4.66. The molecule has 1 aromatic heterocycles. The van der Waals surface area contributed by atoms with E-state index in [0.717, 1.165) is 19.4 Å². The second kappa shape index (κ2) is 9.43.